The number of carbonyl (C=O) groups is 2. The zero-order chi connectivity index (χ0) is 19.1. The molecule has 2 atom stereocenters. The van der Waals surface area contributed by atoms with Gasteiger partial charge in [0.1, 0.15) is 17.5 Å². The van der Waals surface area contributed by atoms with Crippen LogP contribution in [0.15, 0.2) is 18.2 Å². The fourth-order valence-electron chi connectivity index (χ4n) is 2.83. The first-order valence-corrected chi connectivity index (χ1v) is 8.87. The average molecular weight is 364 g/mol. The molecule has 1 aromatic carbocycles. The molecule has 0 spiro atoms. The minimum Gasteiger partial charge on any atom is -0.497 e. The molecule has 26 heavy (non-hydrogen) atoms. The van der Waals surface area contributed by atoms with Gasteiger partial charge in [0, 0.05) is 24.8 Å². The van der Waals surface area contributed by atoms with E-state index in [2.05, 4.69) is 10.6 Å². The molecule has 1 aromatic rings. The predicted molar refractivity (Wildman–Crippen MR) is 97.6 cm³/mol. The number of carbonyl (C=O) groups excluding carboxylic acids is 2. The molecular formula is C19H28N2O5. The normalized spacial score (nSPS) is 17.7. The molecule has 144 valence electrons. The third-order valence-corrected chi connectivity index (χ3v) is 4.38. The average Bonchev–Trinajstić information content (AvgIpc) is 3.16. The van der Waals surface area contributed by atoms with Crippen LogP contribution in [-0.4, -0.2) is 51.3 Å². The molecular weight excluding hydrogens is 336 g/mol. The number of methoxy groups -OCH3 is 2. The first-order valence-electron chi connectivity index (χ1n) is 8.87. The van der Waals surface area contributed by atoms with Crippen LogP contribution in [0.5, 0.6) is 11.5 Å². The van der Waals surface area contributed by atoms with Crippen molar-refractivity contribution in [3.05, 3.63) is 23.8 Å². The van der Waals surface area contributed by atoms with E-state index in [9.17, 15) is 9.59 Å². The Morgan fingerprint density at radius 3 is 2.35 bits per heavy atom. The highest BCUT2D eigenvalue weighted by Crippen LogP contribution is 2.22. The summed E-state index contributed by atoms with van der Waals surface area (Å²) in [4.78, 5) is 25.2. The number of benzene rings is 1. The standard InChI is InChI=1S/C19H28N2O5/c1-12(2)17(19(23)20-11-14-6-5-7-26-14)21-18(22)13-8-15(24-3)10-16(9-13)25-4/h8-10,12,14,17H,5-7,11H2,1-4H3,(H,20,23)(H,21,22)/t14-,17+/m0/s1. The second kappa shape index (κ2) is 9.43. The predicted octanol–water partition coefficient (Wildman–Crippen LogP) is 1.75. The van der Waals surface area contributed by atoms with E-state index >= 15 is 0 Å². The third-order valence-electron chi connectivity index (χ3n) is 4.38. The molecule has 1 saturated heterocycles. The molecule has 1 aliphatic rings. The summed E-state index contributed by atoms with van der Waals surface area (Å²) in [6.45, 7) is 4.99. The monoisotopic (exact) mass is 364 g/mol. The molecule has 7 heteroatoms. The number of amides is 2. The van der Waals surface area contributed by atoms with Gasteiger partial charge in [0.25, 0.3) is 5.91 Å². The van der Waals surface area contributed by atoms with Gasteiger partial charge in [-0.1, -0.05) is 13.8 Å². The van der Waals surface area contributed by atoms with E-state index in [0.717, 1.165) is 19.4 Å². The number of rotatable bonds is 8. The molecule has 0 radical (unpaired) electrons. The lowest BCUT2D eigenvalue weighted by Crippen LogP contribution is -2.50. The van der Waals surface area contributed by atoms with E-state index in [-0.39, 0.29) is 23.8 Å². The smallest absolute Gasteiger partial charge is 0.252 e. The van der Waals surface area contributed by atoms with E-state index in [1.54, 1.807) is 18.2 Å². The summed E-state index contributed by atoms with van der Waals surface area (Å²) in [6.07, 6.45) is 2.02. The maximum atomic E-state index is 12.6. The molecule has 0 bridgehead atoms. The Labute approximate surface area is 154 Å². The van der Waals surface area contributed by atoms with Crippen molar-refractivity contribution in [3.63, 3.8) is 0 Å². The Balaban J connectivity index is 2.03. The molecule has 0 aliphatic carbocycles. The van der Waals surface area contributed by atoms with Gasteiger partial charge >= 0.3 is 0 Å². The lowest BCUT2D eigenvalue weighted by molar-refractivity contribution is -0.124. The van der Waals surface area contributed by atoms with Gasteiger partial charge in [-0.05, 0) is 30.9 Å². The highest BCUT2D eigenvalue weighted by Gasteiger charge is 2.26. The Morgan fingerprint density at radius 2 is 1.85 bits per heavy atom. The summed E-state index contributed by atoms with van der Waals surface area (Å²) in [5, 5.41) is 5.69. The number of nitrogens with one attached hydrogen (secondary N) is 2. The van der Waals surface area contributed by atoms with Crippen LogP contribution in [0.1, 0.15) is 37.0 Å². The SMILES string of the molecule is COc1cc(OC)cc(C(=O)N[C@@H](C(=O)NC[C@@H]2CCCO2)C(C)C)c1. The van der Waals surface area contributed by atoms with Crippen molar-refractivity contribution in [2.45, 2.75) is 38.8 Å². The Morgan fingerprint density at radius 1 is 1.19 bits per heavy atom. The second-order valence-electron chi connectivity index (χ2n) is 6.68. The summed E-state index contributed by atoms with van der Waals surface area (Å²) in [5.41, 5.74) is 0.374. The minimum atomic E-state index is -0.638. The van der Waals surface area contributed by atoms with Gasteiger partial charge in [-0.25, -0.2) is 0 Å². The maximum Gasteiger partial charge on any atom is 0.252 e. The van der Waals surface area contributed by atoms with Crippen LogP contribution in [0, 0.1) is 5.92 Å². The Bertz CT molecular complexity index is 604. The van der Waals surface area contributed by atoms with Gasteiger partial charge in [0.15, 0.2) is 0 Å². The highest BCUT2D eigenvalue weighted by atomic mass is 16.5. The molecule has 7 nitrogen and oxygen atoms in total. The lowest BCUT2D eigenvalue weighted by Gasteiger charge is -2.23. The van der Waals surface area contributed by atoms with E-state index in [0.29, 0.717) is 23.6 Å². The van der Waals surface area contributed by atoms with Gasteiger partial charge in [-0.2, -0.15) is 0 Å². The first kappa shape index (κ1) is 20.0. The van der Waals surface area contributed by atoms with E-state index in [4.69, 9.17) is 14.2 Å². The molecule has 2 rings (SSSR count). The summed E-state index contributed by atoms with van der Waals surface area (Å²) in [5.74, 6) is 0.402. The van der Waals surface area contributed by atoms with Gasteiger partial charge in [-0.15, -0.1) is 0 Å². The quantitative estimate of drug-likeness (QED) is 0.734. The number of ether oxygens (including phenoxy) is 3. The van der Waals surface area contributed by atoms with E-state index < -0.39 is 6.04 Å². The van der Waals surface area contributed by atoms with Crippen molar-refractivity contribution >= 4 is 11.8 Å². The minimum absolute atomic E-state index is 0.0593. The van der Waals surface area contributed by atoms with Crippen molar-refractivity contribution in [2.24, 2.45) is 5.92 Å². The fourth-order valence-corrected chi connectivity index (χ4v) is 2.83. The van der Waals surface area contributed by atoms with Crippen molar-refractivity contribution in [1.82, 2.24) is 10.6 Å². The summed E-state index contributed by atoms with van der Waals surface area (Å²) < 4.78 is 15.9. The van der Waals surface area contributed by atoms with E-state index in [1.807, 2.05) is 13.8 Å². The first-order chi connectivity index (χ1) is 12.4. The van der Waals surface area contributed by atoms with Crippen LogP contribution in [0.4, 0.5) is 0 Å². The number of hydrogen-bond donors (Lipinski definition) is 2. The van der Waals surface area contributed by atoms with Crippen LogP contribution in [-0.2, 0) is 9.53 Å². The highest BCUT2D eigenvalue weighted by molar-refractivity contribution is 5.98. The molecule has 0 aromatic heterocycles. The Kier molecular flexibility index (Phi) is 7.26. The fraction of sp³-hybridized carbons (Fsp3) is 0.579. The molecule has 2 amide bonds. The van der Waals surface area contributed by atoms with Crippen LogP contribution in [0.2, 0.25) is 0 Å². The van der Waals surface area contributed by atoms with Crippen molar-refractivity contribution < 1.29 is 23.8 Å². The molecule has 1 aliphatic heterocycles. The van der Waals surface area contributed by atoms with Crippen LogP contribution >= 0.6 is 0 Å². The van der Waals surface area contributed by atoms with Crippen molar-refractivity contribution in [2.75, 3.05) is 27.4 Å². The largest absolute Gasteiger partial charge is 0.497 e. The van der Waals surface area contributed by atoms with Gasteiger partial charge < -0.3 is 24.8 Å². The van der Waals surface area contributed by atoms with Crippen molar-refractivity contribution in [3.8, 4) is 11.5 Å². The third kappa shape index (κ3) is 5.36. The molecule has 0 saturated carbocycles. The summed E-state index contributed by atoms with van der Waals surface area (Å²) in [6, 6.07) is 4.27. The van der Waals surface area contributed by atoms with Crippen LogP contribution < -0.4 is 20.1 Å². The molecule has 0 unspecified atom stereocenters. The number of hydrogen-bond acceptors (Lipinski definition) is 5. The summed E-state index contributed by atoms with van der Waals surface area (Å²) in [7, 11) is 3.04. The van der Waals surface area contributed by atoms with Crippen LogP contribution in [0.3, 0.4) is 0 Å². The lowest BCUT2D eigenvalue weighted by atomic mass is 10.0. The molecule has 1 heterocycles. The molecule has 2 N–H and O–H groups in total. The zero-order valence-corrected chi connectivity index (χ0v) is 15.8. The Hall–Kier alpha value is -2.28. The van der Waals surface area contributed by atoms with Gasteiger partial charge in [-0.3, -0.25) is 9.59 Å². The van der Waals surface area contributed by atoms with Crippen molar-refractivity contribution in [1.29, 1.82) is 0 Å². The molecule has 1 fully saturated rings. The maximum absolute atomic E-state index is 12.6. The van der Waals surface area contributed by atoms with E-state index in [1.165, 1.54) is 14.2 Å². The zero-order valence-electron chi connectivity index (χ0n) is 15.8. The topological polar surface area (TPSA) is 85.9 Å². The van der Waals surface area contributed by atoms with Crippen LogP contribution in [0.25, 0.3) is 0 Å². The second-order valence-corrected chi connectivity index (χ2v) is 6.68. The summed E-state index contributed by atoms with van der Waals surface area (Å²) >= 11 is 0. The van der Waals surface area contributed by atoms with Gasteiger partial charge in [0.05, 0.1) is 20.3 Å². The van der Waals surface area contributed by atoms with Gasteiger partial charge in [0.2, 0.25) is 5.91 Å².